The van der Waals surface area contributed by atoms with Crippen molar-refractivity contribution >= 4 is 11.7 Å². The Labute approximate surface area is 103 Å². The molecule has 1 amide bonds. The molecule has 0 saturated heterocycles. The summed E-state index contributed by atoms with van der Waals surface area (Å²) in [6.45, 7) is 1.51. The molecule has 0 spiro atoms. The van der Waals surface area contributed by atoms with Crippen molar-refractivity contribution in [2.45, 2.75) is 13.0 Å². The summed E-state index contributed by atoms with van der Waals surface area (Å²) in [6, 6.07) is 3.15. The van der Waals surface area contributed by atoms with Crippen molar-refractivity contribution in [3.05, 3.63) is 29.6 Å². The fourth-order valence-corrected chi connectivity index (χ4v) is 1.24. The van der Waals surface area contributed by atoms with Crippen molar-refractivity contribution in [3.8, 4) is 5.75 Å². The number of oxime groups is 1. The minimum Gasteiger partial charge on any atom is -0.497 e. The monoisotopic (exact) mass is 255 g/mol. The van der Waals surface area contributed by atoms with Crippen LogP contribution in [0.25, 0.3) is 0 Å². The summed E-state index contributed by atoms with van der Waals surface area (Å²) in [5.41, 5.74) is 5.15. The normalized spacial score (nSPS) is 12.9. The molecule has 4 N–H and O–H groups in total. The first-order chi connectivity index (χ1) is 8.49. The maximum atomic E-state index is 13.6. The second kappa shape index (κ2) is 5.85. The van der Waals surface area contributed by atoms with Gasteiger partial charge in [0.15, 0.2) is 5.84 Å². The summed E-state index contributed by atoms with van der Waals surface area (Å²) < 4.78 is 18.4. The number of nitrogens with zero attached hydrogens (tertiary/aromatic N) is 1. The Morgan fingerprint density at radius 1 is 1.61 bits per heavy atom. The Bertz CT molecular complexity index is 477. The minimum atomic E-state index is -0.710. The molecular formula is C11H14FN3O3. The number of nitrogens with one attached hydrogen (secondary N) is 1. The van der Waals surface area contributed by atoms with Gasteiger partial charge in [0.1, 0.15) is 11.6 Å². The predicted octanol–water partition coefficient (Wildman–Crippen LogP) is 0.699. The van der Waals surface area contributed by atoms with E-state index in [9.17, 15) is 9.18 Å². The van der Waals surface area contributed by atoms with Gasteiger partial charge in [0.2, 0.25) is 0 Å². The van der Waals surface area contributed by atoms with Crippen LogP contribution < -0.4 is 15.8 Å². The highest BCUT2D eigenvalue weighted by atomic mass is 19.1. The van der Waals surface area contributed by atoms with E-state index in [0.717, 1.165) is 6.07 Å². The quantitative estimate of drug-likeness (QED) is 0.319. The van der Waals surface area contributed by atoms with Gasteiger partial charge < -0.3 is 21.0 Å². The largest absolute Gasteiger partial charge is 0.497 e. The Morgan fingerprint density at radius 2 is 2.28 bits per heavy atom. The number of benzene rings is 1. The van der Waals surface area contributed by atoms with Crippen LogP contribution >= 0.6 is 0 Å². The smallest absolute Gasteiger partial charge is 0.254 e. The first kappa shape index (κ1) is 13.8. The molecule has 98 valence electrons. The fourth-order valence-electron chi connectivity index (χ4n) is 1.24. The average molecular weight is 255 g/mol. The molecule has 18 heavy (non-hydrogen) atoms. The number of nitrogens with two attached hydrogens (primary N) is 1. The molecule has 0 saturated carbocycles. The van der Waals surface area contributed by atoms with Crippen molar-refractivity contribution in [2.75, 3.05) is 7.11 Å². The first-order valence-electron chi connectivity index (χ1n) is 5.11. The highest BCUT2D eigenvalue weighted by Crippen LogP contribution is 2.16. The topological polar surface area (TPSA) is 96.9 Å². The lowest BCUT2D eigenvalue weighted by Crippen LogP contribution is -2.42. The van der Waals surface area contributed by atoms with Crippen molar-refractivity contribution in [1.29, 1.82) is 0 Å². The highest BCUT2D eigenvalue weighted by molar-refractivity contribution is 5.98. The standard InChI is InChI=1S/C11H14FN3O3/c1-6(10(13)15-17)14-11(16)8-4-3-7(18-2)5-9(8)12/h3-6,17H,1-2H3,(H2,13,15)(H,14,16). The lowest BCUT2D eigenvalue weighted by Gasteiger charge is -2.12. The average Bonchev–Trinajstić information content (AvgIpc) is 2.37. The zero-order valence-corrected chi connectivity index (χ0v) is 9.98. The molecule has 1 unspecified atom stereocenters. The van der Waals surface area contributed by atoms with Gasteiger partial charge in [-0.25, -0.2) is 4.39 Å². The van der Waals surface area contributed by atoms with Crippen LogP contribution in [-0.4, -0.2) is 30.1 Å². The second-order valence-corrected chi connectivity index (χ2v) is 3.57. The van der Waals surface area contributed by atoms with Crippen molar-refractivity contribution in [2.24, 2.45) is 10.9 Å². The molecule has 0 aliphatic rings. The van der Waals surface area contributed by atoms with Crippen LogP contribution in [0, 0.1) is 5.82 Å². The molecule has 1 atom stereocenters. The van der Waals surface area contributed by atoms with Crippen molar-refractivity contribution in [1.82, 2.24) is 5.32 Å². The van der Waals surface area contributed by atoms with Gasteiger partial charge in [-0.15, -0.1) is 0 Å². The summed E-state index contributed by atoms with van der Waals surface area (Å²) in [5.74, 6) is -1.22. The number of hydrogen-bond acceptors (Lipinski definition) is 4. The molecule has 6 nitrogen and oxygen atoms in total. The number of hydrogen-bond donors (Lipinski definition) is 3. The number of carbonyl (C=O) groups excluding carboxylic acids is 1. The van der Waals surface area contributed by atoms with E-state index in [-0.39, 0.29) is 11.4 Å². The molecule has 0 aromatic heterocycles. The molecule has 0 fully saturated rings. The number of halogens is 1. The van der Waals surface area contributed by atoms with Crippen LogP contribution in [0.15, 0.2) is 23.4 Å². The van der Waals surface area contributed by atoms with E-state index in [1.807, 2.05) is 0 Å². The van der Waals surface area contributed by atoms with E-state index in [1.165, 1.54) is 26.2 Å². The van der Waals surface area contributed by atoms with Gasteiger partial charge in [0.25, 0.3) is 5.91 Å². The molecule has 0 heterocycles. The van der Waals surface area contributed by atoms with E-state index < -0.39 is 17.8 Å². The minimum absolute atomic E-state index is 0.145. The molecular weight excluding hydrogens is 241 g/mol. The Morgan fingerprint density at radius 3 is 2.78 bits per heavy atom. The van der Waals surface area contributed by atoms with Gasteiger partial charge in [-0.2, -0.15) is 0 Å². The summed E-state index contributed by atoms with van der Waals surface area (Å²) in [6.07, 6.45) is 0. The predicted molar refractivity (Wildman–Crippen MR) is 63.3 cm³/mol. The van der Waals surface area contributed by atoms with E-state index in [0.29, 0.717) is 5.75 Å². The van der Waals surface area contributed by atoms with Gasteiger partial charge in [-0.05, 0) is 19.1 Å². The van der Waals surface area contributed by atoms with Crippen LogP contribution in [0.3, 0.4) is 0 Å². The lowest BCUT2D eigenvalue weighted by atomic mass is 10.1. The van der Waals surface area contributed by atoms with Crippen LogP contribution in [0.5, 0.6) is 5.75 Å². The van der Waals surface area contributed by atoms with Gasteiger partial charge >= 0.3 is 0 Å². The van der Waals surface area contributed by atoms with E-state index in [4.69, 9.17) is 15.7 Å². The third kappa shape index (κ3) is 3.09. The van der Waals surface area contributed by atoms with Gasteiger partial charge in [0.05, 0.1) is 18.7 Å². The summed E-state index contributed by atoms with van der Waals surface area (Å²) in [5, 5.41) is 13.6. The maximum Gasteiger partial charge on any atom is 0.254 e. The molecule has 1 aromatic carbocycles. The Hall–Kier alpha value is -2.31. The summed E-state index contributed by atoms with van der Waals surface area (Å²) in [4.78, 5) is 11.7. The van der Waals surface area contributed by atoms with Crippen molar-refractivity contribution < 1.29 is 19.1 Å². The molecule has 0 aliphatic carbocycles. The molecule has 0 radical (unpaired) electrons. The third-order valence-electron chi connectivity index (χ3n) is 2.33. The molecule has 7 heteroatoms. The number of amidine groups is 1. The number of ether oxygens (including phenoxy) is 1. The molecule has 0 bridgehead atoms. The van der Waals surface area contributed by atoms with E-state index in [2.05, 4.69) is 10.5 Å². The third-order valence-corrected chi connectivity index (χ3v) is 2.33. The van der Waals surface area contributed by atoms with Crippen LogP contribution in [0.1, 0.15) is 17.3 Å². The van der Waals surface area contributed by atoms with Crippen molar-refractivity contribution in [3.63, 3.8) is 0 Å². The molecule has 1 aromatic rings. The first-order valence-corrected chi connectivity index (χ1v) is 5.11. The maximum absolute atomic E-state index is 13.6. The number of carbonyl (C=O) groups is 1. The van der Waals surface area contributed by atoms with Gasteiger partial charge in [-0.1, -0.05) is 5.16 Å². The molecule has 0 aliphatic heterocycles. The fraction of sp³-hybridized carbons (Fsp3) is 0.273. The number of amides is 1. The molecule has 1 rings (SSSR count). The summed E-state index contributed by atoms with van der Waals surface area (Å²) >= 11 is 0. The number of rotatable bonds is 4. The van der Waals surface area contributed by atoms with Crippen LogP contribution in [0.2, 0.25) is 0 Å². The zero-order chi connectivity index (χ0) is 13.7. The zero-order valence-electron chi connectivity index (χ0n) is 9.98. The Balaban J connectivity index is 2.85. The van der Waals surface area contributed by atoms with Crippen LogP contribution in [0.4, 0.5) is 4.39 Å². The van der Waals surface area contributed by atoms with Crippen LogP contribution in [-0.2, 0) is 0 Å². The van der Waals surface area contributed by atoms with Gasteiger partial charge in [0, 0.05) is 6.07 Å². The number of methoxy groups -OCH3 is 1. The van der Waals surface area contributed by atoms with E-state index in [1.54, 1.807) is 0 Å². The second-order valence-electron chi connectivity index (χ2n) is 3.57. The highest BCUT2D eigenvalue weighted by Gasteiger charge is 2.16. The van der Waals surface area contributed by atoms with Gasteiger partial charge in [-0.3, -0.25) is 4.79 Å². The summed E-state index contributed by atoms with van der Waals surface area (Å²) in [7, 11) is 1.40. The Kier molecular flexibility index (Phi) is 4.47. The SMILES string of the molecule is COc1ccc(C(=O)NC(C)/C(N)=N/O)c(F)c1. The lowest BCUT2D eigenvalue weighted by molar-refractivity contribution is 0.0944. The van der Waals surface area contributed by atoms with E-state index >= 15 is 0 Å².